The summed E-state index contributed by atoms with van der Waals surface area (Å²) in [5.41, 5.74) is 2.92. The van der Waals surface area contributed by atoms with Crippen molar-refractivity contribution < 1.29 is 4.74 Å². The lowest BCUT2D eigenvalue weighted by atomic mass is 9.97. The van der Waals surface area contributed by atoms with E-state index in [0.717, 1.165) is 27.8 Å². The summed E-state index contributed by atoms with van der Waals surface area (Å²) in [7, 11) is 0. The van der Waals surface area contributed by atoms with Crippen LogP contribution in [0.3, 0.4) is 0 Å². The minimum absolute atomic E-state index is 0.611. The zero-order valence-corrected chi connectivity index (χ0v) is 12.9. The summed E-state index contributed by atoms with van der Waals surface area (Å²) in [6, 6.07) is 22.7. The van der Waals surface area contributed by atoms with E-state index in [0.29, 0.717) is 6.61 Å². The van der Waals surface area contributed by atoms with Gasteiger partial charge < -0.3 is 4.74 Å². The van der Waals surface area contributed by atoms with E-state index >= 15 is 0 Å². The lowest BCUT2D eigenvalue weighted by molar-refractivity contribution is 0.345. The highest BCUT2D eigenvalue weighted by Crippen LogP contribution is 2.38. The van der Waals surface area contributed by atoms with Crippen molar-refractivity contribution >= 4 is 21.7 Å². The summed E-state index contributed by atoms with van der Waals surface area (Å²) in [5.74, 6) is 0.856. The Morgan fingerprint density at radius 2 is 1.61 bits per heavy atom. The van der Waals surface area contributed by atoms with E-state index in [1.54, 1.807) is 0 Å². The van der Waals surface area contributed by atoms with Gasteiger partial charge in [0.15, 0.2) is 0 Å². The SMILES string of the molecule is CCOc1c(-c2cccc3ccccc23)[c]nc2ccccc12. The van der Waals surface area contributed by atoms with Gasteiger partial charge in [0.1, 0.15) is 11.9 Å². The highest BCUT2D eigenvalue weighted by Gasteiger charge is 2.14. The molecule has 0 unspecified atom stereocenters. The van der Waals surface area contributed by atoms with Crippen molar-refractivity contribution in [1.29, 1.82) is 0 Å². The number of para-hydroxylation sites is 1. The molecule has 0 saturated heterocycles. The third-order valence-corrected chi connectivity index (χ3v) is 4.01. The maximum atomic E-state index is 5.98. The van der Waals surface area contributed by atoms with Gasteiger partial charge >= 0.3 is 0 Å². The molecule has 4 rings (SSSR count). The van der Waals surface area contributed by atoms with Crippen LogP contribution in [0.2, 0.25) is 0 Å². The van der Waals surface area contributed by atoms with Gasteiger partial charge in [-0.25, -0.2) is 4.98 Å². The third kappa shape index (κ3) is 2.33. The van der Waals surface area contributed by atoms with E-state index in [9.17, 15) is 0 Å². The van der Waals surface area contributed by atoms with Crippen LogP contribution >= 0.6 is 0 Å². The van der Waals surface area contributed by atoms with Crippen molar-refractivity contribution in [2.45, 2.75) is 6.92 Å². The van der Waals surface area contributed by atoms with Gasteiger partial charge in [0.2, 0.25) is 0 Å². The van der Waals surface area contributed by atoms with Gasteiger partial charge in [-0.1, -0.05) is 54.6 Å². The molecule has 23 heavy (non-hydrogen) atoms. The lowest BCUT2D eigenvalue weighted by Crippen LogP contribution is -1.97. The molecule has 3 aromatic carbocycles. The number of hydrogen-bond acceptors (Lipinski definition) is 2. The normalized spacial score (nSPS) is 11.0. The van der Waals surface area contributed by atoms with Crippen LogP contribution in [0.5, 0.6) is 5.75 Å². The van der Waals surface area contributed by atoms with Crippen LogP contribution in [0.15, 0.2) is 66.7 Å². The van der Waals surface area contributed by atoms with Crippen LogP contribution < -0.4 is 4.74 Å². The van der Waals surface area contributed by atoms with Crippen LogP contribution in [0.25, 0.3) is 32.8 Å². The largest absolute Gasteiger partial charge is 0.492 e. The molecule has 1 heterocycles. The van der Waals surface area contributed by atoms with E-state index in [4.69, 9.17) is 4.74 Å². The first-order valence-corrected chi connectivity index (χ1v) is 7.80. The molecule has 0 amide bonds. The van der Waals surface area contributed by atoms with Crippen molar-refractivity contribution in [2.24, 2.45) is 0 Å². The van der Waals surface area contributed by atoms with E-state index in [-0.39, 0.29) is 0 Å². The summed E-state index contributed by atoms with van der Waals surface area (Å²) in [4.78, 5) is 4.50. The highest BCUT2D eigenvalue weighted by atomic mass is 16.5. The van der Waals surface area contributed by atoms with Gasteiger partial charge in [0, 0.05) is 5.39 Å². The molecule has 0 aliphatic rings. The standard InChI is InChI=1S/C21H16NO/c1-2-23-21-18-11-5-6-13-20(18)22-14-19(21)17-12-7-9-15-8-3-4-10-16(15)17/h3-13H,2H2,1H3. The first-order valence-electron chi connectivity index (χ1n) is 7.80. The van der Waals surface area contributed by atoms with E-state index < -0.39 is 0 Å². The smallest absolute Gasteiger partial charge is 0.138 e. The second-order valence-corrected chi connectivity index (χ2v) is 5.40. The Balaban J connectivity index is 2.06. The number of pyridine rings is 1. The molecule has 2 heteroatoms. The Labute approximate surface area is 135 Å². The van der Waals surface area contributed by atoms with Crippen LogP contribution in [0.4, 0.5) is 0 Å². The monoisotopic (exact) mass is 298 g/mol. The molecular weight excluding hydrogens is 282 g/mol. The number of rotatable bonds is 3. The Morgan fingerprint density at radius 1 is 0.870 bits per heavy atom. The highest BCUT2D eigenvalue weighted by molar-refractivity contribution is 6.01. The molecular formula is C21H16NO. The first-order chi connectivity index (χ1) is 11.4. The maximum absolute atomic E-state index is 5.98. The molecule has 0 bridgehead atoms. The topological polar surface area (TPSA) is 22.1 Å². The Hall–Kier alpha value is -2.87. The second kappa shape index (κ2) is 5.73. The van der Waals surface area contributed by atoms with Gasteiger partial charge in [-0.15, -0.1) is 0 Å². The molecule has 1 aromatic heterocycles. The van der Waals surface area contributed by atoms with E-state index in [1.165, 1.54) is 10.8 Å². The number of aromatic nitrogens is 1. The molecule has 0 fully saturated rings. The fourth-order valence-electron chi connectivity index (χ4n) is 2.98. The number of nitrogens with zero attached hydrogens (tertiary/aromatic N) is 1. The van der Waals surface area contributed by atoms with Crippen LogP contribution in [0.1, 0.15) is 6.92 Å². The van der Waals surface area contributed by atoms with Gasteiger partial charge in [-0.05, 0) is 35.4 Å². The van der Waals surface area contributed by atoms with Crippen LogP contribution in [-0.2, 0) is 0 Å². The number of hydrogen-bond donors (Lipinski definition) is 0. The average Bonchev–Trinajstić information content (AvgIpc) is 2.62. The first kappa shape index (κ1) is 13.8. The second-order valence-electron chi connectivity index (χ2n) is 5.40. The third-order valence-electron chi connectivity index (χ3n) is 4.01. The lowest BCUT2D eigenvalue weighted by Gasteiger charge is -2.14. The average molecular weight is 298 g/mol. The van der Waals surface area contributed by atoms with Crippen LogP contribution in [-0.4, -0.2) is 11.6 Å². The number of ether oxygens (including phenoxy) is 1. The molecule has 0 atom stereocenters. The molecule has 0 aliphatic carbocycles. The van der Waals surface area contributed by atoms with Crippen molar-refractivity contribution in [3.63, 3.8) is 0 Å². The number of fused-ring (bicyclic) bond motifs is 2. The Kier molecular flexibility index (Phi) is 3.43. The van der Waals surface area contributed by atoms with Crippen molar-refractivity contribution in [3.8, 4) is 16.9 Å². The molecule has 0 saturated carbocycles. The molecule has 0 N–H and O–H groups in total. The van der Waals surface area contributed by atoms with Gasteiger partial charge in [-0.3, -0.25) is 0 Å². The molecule has 111 valence electrons. The molecule has 0 spiro atoms. The summed E-state index contributed by atoms with van der Waals surface area (Å²) in [6.45, 7) is 2.61. The number of benzene rings is 3. The quantitative estimate of drug-likeness (QED) is 0.515. The summed E-state index contributed by atoms with van der Waals surface area (Å²) < 4.78 is 5.98. The van der Waals surface area contributed by atoms with Crippen molar-refractivity contribution in [3.05, 3.63) is 72.9 Å². The van der Waals surface area contributed by atoms with Gasteiger partial charge in [0.05, 0.1) is 17.7 Å². The molecule has 1 radical (unpaired) electrons. The fraction of sp³-hybridized carbons (Fsp3) is 0.0952. The van der Waals surface area contributed by atoms with Crippen molar-refractivity contribution in [2.75, 3.05) is 6.61 Å². The summed E-state index contributed by atoms with van der Waals surface area (Å²) in [5, 5.41) is 3.41. The summed E-state index contributed by atoms with van der Waals surface area (Å²) >= 11 is 0. The predicted molar refractivity (Wildman–Crippen MR) is 94.7 cm³/mol. The van der Waals surface area contributed by atoms with E-state index in [2.05, 4.69) is 59.7 Å². The van der Waals surface area contributed by atoms with Gasteiger partial charge in [0.25, 0.3) is 0 Å². The molecule has 0 aliphatic heterocycles. The predicted octanol–water partition coefficient (Wildman–Crippen LogP) is 5.25. The zero-order chi connectivity index (χ0) is 15.6. The van der Waals surface area contributed by atoms with Crippen LogP contribution in [0, 0.1) is 6.20 Å². The van der Waals surface area contributed by atoms with Gasteiger partial charge in [-0.2, -0.15) is 0 Å². The Morgan fingerprint density at radius 3 is 2.48 bits per heavy atom. The fourth-order valence-corrected chi connectivity index (χ4v) is 2.98. The maximum Gasteiger partial charge on any atom is 0.138 e. The van der Waals surface area contributed by atoms with Crippen molar-refractivity contribution in [1.82, 2.24) is 4.98 Å². The molecule has 2 nitrogen and oxygen atoms in total. The van der Waals surface area contributed by atoms with E-state index in [1.807, 2.05) is 25.1 Å². The summed E-state index contributed by atoms with van der Waals surface area (Å²) in [6.07, 6.45) is 3.20. The minimum Gasteiger partial charge on any atom is -0.492 e. The molecule has 4 aromatic rings. The Bertz CT molecular complexity index is 986. The zero-order valence-electron chi connectivity index (χ0n) is 12.9. The minimum atomic E-state index is 0.611.